The summed E-state index contributed by atoms with van der Waals surface area (Å²) in [7, 11) is 0. The van der Waals surface area contributed by atoms with E-state index in [-0.39, 0.29) is 24.6 Å². The highest BCUT2D eigenvalue weighted by molar-refractivity contribution is 6.02. The highest BCUT2D eigenvalue weighted by Crippen LogP contribution is 2.16. The third-order valence-electron chi connectivity index (χ3n) is 3.63. The van der Waals surface area contributed by atoms with Crippen LogP contribution in [-0.2, 0) is 20.7 Å². The average molecular weight is 354 g/mol. The van der Waals surface area contributed by atoms with Gasteiger partial charge in [0.1, 0.15) is 0 Å². The lowest BCUT2D eigenvalue weighted by atomic mass is 10.1. The van der Waals surface area contributed by atoms with Crippen molar-refractivity contribution in [3.8, 4) is 0 Å². The molecule has 0 aliphatic carbocycles. The summed E-state index contributed by atoms with van der Waals surface area (Å²) in [5.41, 5.74) is 1.70. The number of amides is 2. The van der Waals surface area contributed by atoms with Gasteiger partial charge in [0.15, 0.2) is 0 Å². The van der Waals surface area contributed by atoms with Crippen LogP contribution in [0.1, 0.15) is 29.3 Å². The summed E-state index contributed by atoms with van der Waals surface area (Å²) < 4.78 is 4.96. The number of aryl methyl sites for hydroxylation is 1. The molecular formula is C20H22N2O4. The number of carbonyl (C=O) groups is 3. The normalized spacial score (nSPS) is 10.0. The third kappa shape index (κ3) is 6.05. The highest BCUT2D eigenvalue weighted by atomic mass is 16.5. The molecule has 2 amide bonds. The van der Waals surface area contributed by atoms with Crippen molar-refractivity contribution in [3.05, 3.63) is 65.7 Å². The maximum Gasteiger partial charge on any atom is 0.340 e. The molecule has 2 aromatic carbocycles. The number of benzene rings is 2. The standard InChI is InChI=1S/C20H22N2O4/c1-2-26-20(25)16-10-6-7-11-17(16)22-19(24)14-21-18(23)13-12-15-8-4-3-5-9-15/h3-11H,2,12-14H2,1H3,(H,21,23)(H,22,24). The predicted molar refractivity (Wildman–Crippen MR) is 98.8 cm³/mol. The van der Waals surface area contributed by atoms with E-state index < -0.39 is 11.9 Å². The molecule has 0 atom stereocenters. The monoisotopic (exact) mass is 354 g/mol. The molecule has 0 spiro atoms. The second kappa shape index (κ2) is 9.98. The SMILES string of the molecule is CCOC(=O)c1ccccc1NC(=O)CNC(=O)CCc1ccccc1. The van der Waals surface area contributed by atoms with Gasteiger partial charge in [-0.25, -0.2) is 4.79 Å². The van der Waals surface area contributed by atoms with Crippen molar-refractivity contribution in [3.63, 3.8) is 0 Å². The molecule has 0 saturated carbocycles. The van der Waals surface area contributed by atoms with Gasteiger partial charge in [-0.15, -0.1) is 0 Å². The fourth-order valence-electron chi connectivity index (χ4n) is 2.34. The zero-order valence-electron chi connectivity index (χ0n) is 14.7. The van der Waals surface area contributed by atoms with Gasteiger partial charge in [0.05, 0.1) is 24.4 Å². The Morgan fingerprint density at radius 3 is 2.35 bits per heavy atom. The van der Waals surface area contributed by atoms with Crippen molar-refractivity contribution >= 4 is 23.5 Å². The molecule has 2 N–H and O–H groups in total. The Balaban J connectivity index is 1.82. The molecule has 2 rings (SSSR count). The van der Waals surface area contributed by atoms with Crippen LogP contribution < -0.4 is 10.6 Å². The number of carbonyl (C=O) groups excluding carboxylic acids is 3. The second-order valence-corrected chi connectivity index (χ2v) is 5.58. The zero-order chi connectivity index (χ0) is 18.8. The lowest BCUT2D eigenvalue weighted by Crippen LogP contribution is -2.33. The minimum Gasteiger partial charge on any atom is -0.462 e. The molecule has 26 heavy (non-hydrogen) atoms. The van der Waals surface area contributed by atoms with E-state index in [1.807, 2.05) is 30.3 Å². The van der Waals surface area contributed by atoms with Gasteiger partial charge in [-0.2, -0.15) is 0 Å². The highest BCUT2D eigenvalue weighted by Gasteiger charge is 2.14. The Labute approximate surface area is 152 Å². The topological polar surface area (TPSA) is 84.5 Å². The van der Waals surface area contributed by atoms with Crippen LogP contribution in [0, 0.1) is 0 Å². The Morgan fingerprint density at radius 2 is 1.62 bits per heavy atom. The van der Waals surface area contributed by atoms with Crippen LogP contribution in [0.3, 0.4) is 0 Å². The van der Waals surface area contributed by atoms with E-state index >= 15 is 0 Å². The molecule has 0 unspecified atom stereocenters. The summed E-state index contributed by atoms with van der Waals surface area (Å²) in [6.45, 7) is 1.80. The summed E-state index contributed by atoms with van der Waals surface area (Å²) in [4.78, 5) is 35.8. The average Bonchev–Trinajstić information content (AvgIpc) is 2.66. The van der Waals surface area contributed by atoms with Crippen molar-refractivity contribution in [1.82, 2.24) is 5.32 Å². The first-order valence-electron chi connectivity index (χ1n) is 8.46. The smallest absolute Gasteiger partial charge is 0.340 e. The van der Waals surface area contributed by atoms with Crippen molar-refractivity contribution in [2.24, 2.45) is 0 Å². The van der Waals surface area contributed by atoms with Crippen LogP contribution in [0.15, 0.2) is 54.6 Å². The number of anilines is 1. The zero-order valence-corrected chi connectivity index (χ0v) is 14.7. The number of hydrogen-bond acceptors (Lipinski definition) is 4. The van der Waals surface area contributed by atoms with Crippen LogP contribution in [0.2, 0.25) is 0 Å². The lowest BCUT2D eigenvalue weighted by Gasteiger charge is -2.11. The number of ether oxygens (including phenoxy) is 1. The molecule has 0 saturated heterocycles. The number of nitrogens with one attached hydrogen (secondary N) is 2. The summed E-state index contributed by atoms with van der Waals surface area (Å²) in [6, 6.07) is 16.2. The molecular weight excluding hydrogens is 332 g/mol. The molecule has 0 heterocycles. The van der Waals surface area contributed by atoms with Crippen molar-refractivity contribution in [1.29, 1.82) is 0 Å². The maximum atomic E-state index is 12.0. The molecule has 2 aromatic rings. The molecule has 136 valence electrons. The number of hydrogen-bond donors (Lipinski definition) is 2. The van der Waals surface area contributed by atoms with Gasteiger partial charge in [0, 0.05) is 6.42 Å². The molecule has 0 radical (unpaired) electrons. The van der Waals surface area contributed by atoms with Crippen LogP contribution in [0.5, 0.6) is 0 Å². The van der Waals surface area contributed by atoms with Gasteiger partial charge in [-0.1, -0.05) is 42.5 Å². The fourth-order valence-corrected chi connectivity index (χ4v) is 2.34. The number of para-hydroxylation sites is 1. The molecule has 6 nitrogen and oxygen atoms in total. The van der Waals surface area contributed by atoms with E-state index in [2.05, 4.69) is 10.6 Å². The fraction of sp³-hybridized carbons (Fsp3) is 0.250. The first kappa shape index (κ1) is 19.2. The first-order chi connectivity index (χ1) is 12.6. The summed E-state index contributed by atoms with van der Waals surface area (Å²) in [6.07, 6.45) is 0.913. The molecule has 0 fully saturated rings. The van der Waals surface area contributed by atoms with Crippen molar-refractivity contribution in [2.75, 3.05) is 18.5 Å². The Hall–Kier alpha value is -3.15. The molecule has 0 bridgehead atoms. The van der Waals surface area contributed by atoms with E-state index in [9.17, 15) is 14.4 Å². The van der Waals surface area contributed by atoms with Crippen molar-refractivity contribution in [2.45, 2.75) is 19.8 Å². The Bertz CT molecular complexity index is 759. The van der Waals surface area contributed by atoms with Crippen LogP contribution in [-0.4, -0.2) is 30.9 Å². The Morgan fingerprint density at radius 1 is 0.923 bits per heavy atom. The minimum absolute atomic E-state index is 0.162. The van der Waals surface area contributed by atoms with Gasteiger partial charge < -0.3 is 15.4 Å². The Kier molecular flexibility index (Phi) is 7.36. The first-order valence-corrected chi connectivity index (χ1v) is 8.46. The second-order valence-electron chi connectivity index (χ2n) is 5.58. The van der Waals surface area contributed by atoms with Crippen LogP contribution >= 0.6 is 0 Å². The van der Waals surface area contributed by atoms with Crippen LogP contribution in [0.25, 0.3) is 0 Å². The molecule has 0 aliphatic rings. The quantitative estimate of drug-likeness (QED) is 0.714. The van der Waals surface area contributed by atoms with Gasteiger partial charge in [-0.3, -0.25) is 9.59 Å². The van der Waals surface area contributed by atoms with Crippen molar-refractivity contribution < 1.29 is 19.1 Å². The molecule has 0 aliphatic heterocycles. The van der Waals surface area contributed by atoms with E-state index in [4.69, 9.17) is 4.74 Å². The number of rotatable bonds is 8. The van der Waals surface area contributed by atoms with Gasteiger partial charge in [-0.05, 0) is 31.0 Å². The maximum absolute atomic E-state index is 12.0. The summed E-state index contributed by atoms with van der Waals surface area (Å²) in [5.74, 6) is -1.12. The van der Waals surface area contributed by atoms with Gasteiger partial charge in [0.2, 0.25) is 11.8 Å². The summed E-state index contributed by atoms with van der Waals surface area (Å²) >= 11 is 0. The van der Waals surface area contributed by atoms with E-state index in [0.29, 0.717) is 18.5 Å². The third-order valence-corrected chi connectivity index (χ3v) is 3.63. The summed E-state index contributed by atoms with van der Waals surface area (Å²) in [5, 5.41) is 5.20. The molecule has 6 heteroatoms. The number of esters is 1. The largest absolute Gasteiger partial charge is 0.462 e. The van der Waals surface area contributed by atoms with E-state index in [1.165, 1.54) is 0 Å². The predicted octanol–water partition coefficient (Wildman–Crippen LogP) is 2.55. The van der Waals surface area contributed by atoms with E-state index in [0.717, 1.165) is 5.56 Å². The minimum atomic E-state index is -0.504. The lowest BCUT2D eigenvalue weighted by molar-refractivity contribution is -0.124. The van der Waals surface area contributed by atoms with E-state index in [1.54, 1.807) is 31.2 Å². The van der Waals surface area contributed by atoms with Crippen LogP contribution in [0.4, 0.5) is 5.69 Å². The molecule has 0 aromatic heterocycles. The van der Waals surface area contributed by atoms with Gasteiger partial charge >= 0.3 is 5.97 Å². The van der Waals surface area contributed by atoms with Gasteiger partial charge in [0.25, 0.3) is 0 Å².